The second kappa shape index (κ2) is 6.40. The highest BCUT2D eigenvalue weighted by Gasteiger charge is 2.27. The minimum absolute atomic E-state index is 0.0406. The van der Waals surface area contributed by atoms with Crippen LogP contribution in [0.4, 0.5) is 4.39 Å². The number of carbonyl (C=O) groups excluding carboxylic acids is 1. The van der Waals surface area contributed by atoms with Crippen LogP contribution in [0.15, 0.2) is 23.1 Å². The molecule has 1 heterocycles. The summed E-state index contributed by atoms with van der Waals surface area (Å²) in [5.41, 5.74) is 0. The fourth-order valence-corrected chi connectivity index (χ4v) is 3.36. The first-order chi connectivity index (χ1) is 9.94. The molecule has 1 aliphatic rings. The van der Waals surface area contributed by atoms with Crippen LogP contribution in [0.25, 0.3) is 0 Å². The molecule has 2 rings (SSSR count). The van der Waals surface area contributed by atoms with E-state index in [9.17, 15) is 17.6 Å². The van der Waals surface area contributed by atoms with E-state index in [2.05, 4.69) is 10.0 Å². The summed E-state index contributed by atoms with van der Waals surface area (Å²) in [5.74, 6) is -1.17. The predicted octanol–water partition coefficient (Wildman–Crippen LogP) is 0.781. The van der Waals surface area contributed by atoms with E-state index >= 15 is 0 Å². The lowest BCUT2D eigenvalue weighted by atomic mass is 10.1. The highest BCUT2D eigenvalue weighted by molar-refractivity contribution is 7.89. The topological polar surface area (TPSA) is 84.5 Å². The average molecular weight is 316 g/mol. The molecule has 0 spiro atoms. The molecule has 6 nitrogen and oxygen atoms in total. The van der Waals surface area contributed by atoms with Gasteiger partial charge in [0.25, 0.3) is 0 Å². The molecule has 1 fully saturated rings. The van der Waals surface area contributed by atoms with Crippen molar-refractivity contribution in [1.82, 2.24) is 10.0 Å². The average Bonchev–Trinajstić information content (AvgIpc) is 2.64. The minimum Gasteiger partial charge on any atom is -0.494 e. The summed E-state index contributed by atoms with van der Waals surface area (Å²) in [7, 11) is -2.67. The second-order valence-electron chi connectivity index (χ2n) is 4.76. The Kier molecular flexibility index (Phi) is 4.79. The Labute approximate surface area is 122 Å². The molecular formula is C13H17FN2O4S. The van der Waals surface area contributed by atoms with Crippen molar-refractivity contribution in [2.75, 3.05) is 13.7 Å². The van der Waals surface area contributed by atoms with Crippen molar-refractivity contribution >= 4 is 15.9 Å². The first kappa shape index (κ1) is 15.7. The smallest absolute Gasteiger partial charge is 0.241 e. The van der Waals surface area contributed by atoms with E-state index in [4.69, 9.17) is 4.74 Å². The van der Waals surface area contributed by atoms with Gasteiger partial charge in [-0.2, -0.15) is 4.72 Å². The number of ether oxygens (including phenoxy) is 1. The SMILES string of the molecule is COc1ccc(S(=O)(=O)N[C@H]2CCCCNC2=O)cc1F. The van der Waals surface area contributed by atoms with Gasteiger partial charge in [0, 0.05) is 6.54 Å². The zero-order valence-corrected chi connectivity index (χ0v) is 12.4. The van der Waals surface area contributed by atoms with Crippen LogP contribution >= 0.6 is 0 Å². The molecule has 0 radical (unpaired) electrons. The predicted molar refractivity (Wildman–Crippen MR) is 73.9 cm³/mol. The summed E-state index contributed by atoms with van der Waals surface area (Å²) in [6.45, 7) is 0.536. The van der Waals surface area contributed by atoms with E-state index in [-0.39, 0.29) is 16.6 Å². The van der Waals surface area contributed by atoms with Crippen molar-refractivity contribution in [3.8, 4) is 5.75 Å². The molecule has 116 valence electrons. The highest BCUT2D eigenvalue weighted by Crippen LogP contribution is 2.21. The van der Waals surface area contributed by atoms with Gasteiger partial charge in [-0.15, -0.1) is 0 Å². The maximum Gasteiger partial charge on any atom is 0.241 e. The number of benzene rings is 1. The van der Waals surface area contributed by atoms with Gasteiger partial charge in [-0.05, 0) is 37.5 Å². The summed E-state index contributed by atoms with van der Waals surface area (Å²) < 4.78 is 45.1. The van der Waals surface area contributed by atoms with E-state index in [1.807, 2.05) is 0 Å². The second-order valence-corrected chi connectivity index (χ2v) is 6.47. The molecule has 0 bridgehead atoms. The molecule has 8 heteroatoms. The van der Waals surface area contributed by atoms with E-state index in [0.717, 1.165) is 18.9 Å². The van der Waals surface area contributed by atoms with Gasteiger partial charge in [0.15, 0.2) is 11.6 Å². The zero-order valence-electron chi connectivity index (χ0n) is 11.6. The first-order valence-electron chi connectivity index (χ1n) is 6.57. The Morgan fingerprint density at radius 2 is 2.14 bits per heavy atom. The fraction of sp³-hybridized carbons (Fsp3) is 0.462. The third-order valence-electron chi connectivity index (χ3n) is 3.27. The lowest BCUT2D eigenvalue weighted by Gasteiger charge is -2.15. The van der Waals surface area contributed by atoms with Gasteiger partial charge in [-0.25, -0.2) is 12.8 Å². The largest absolute Gasteiger partial charge is 0.494 e. The molecule has 2 N–H and O–H groups in total. The number of nitrogens with one attached hydrogen (secondary N) is 2. The minimum atomic E-state index is -3.96. The molecule has 1 aliphatic heterocycles. The highest BCUT2D eigenvalue weighted by atomic mass is 32.2. The number of hydrogen-bond acceptors (Lipinski definition) is 4. The van der Waals surface area contributed by atoms with Crippen LogP contribution in [-0.2, 0) is 14.8 Å². The molecule has 21 heavy (non-hydrogen) atoms. The fourth-order valence-electron chi connectivity index (χ4n) is 2.12. The Morgan fingerprint density at radius 1 is 1.38 bits per heavy atom. The maximum absolute atomic E-state index is 13.6. The van der Waals surface area contributed by atoms with Gasteiger partial charge in [0.2, 0.25) is 15.9 Å². The first-order valence-corrected chi connectivity index (χ1v) is 8.06. The van der Waals surface area contributed by atoms with Gasteiger partial charge in [0.05, 0.1) is 12.0 Å². The number of carbonyl (C=O) groups is 1. The van der Waals surface area contributed by atoms with Crippen LogP contribution in [0.2, 0.25) is 0 Å². The van der Waals surface area contributed by atoms with Crippen LogP contribution in [0, 0.1) is 5.82 Å². The van der Waals surface area contributed by atoms with Crippen molar-refractivity contribution in [2.24, 2.45) is 0 Å². The Bertz CT molecular complexity index is 633. The van der Waals surface area contributed by atoms with Crippen molar-refractivity contribution in [1.29, 1.82) is 0 Å². The molecule has 0 saturated carbocycles. The number of amides is 1. The van der Waals surface area contributed by atoms with Crippen molar-refractivity contribution in [2.45, 2.75) is 30.2 Å². The Hall–Kier alpha value is -1.67. The molecule has 0 aromatic heterocycles. The number of rotatable bonds is 4. The van der Waals surface area contributed by atoms with Gasteiger partial charge in [-0.1, -0.05) is 0 Å². The molecule has 0 unspecified atom stereocenters. The molecule has 1 aromatic rings. The third kappa shape index (κ3) is 3.70. The number of sulfonamides is 1. The lowest BCUT2D eigenvalue weighted by molar-refractivity contribution is -0.122. The molecule has 0 aliphatic carbocycles. The summed E-state index contributed by atoms with van der Waals surface area (Å²) in [6.07, 6.45) is 1.97. The molecule has 1 saturated heterocycles. The summed E-state index contributed by atoms with van der Waals surface area (Å²) >= 11 is 0. The van der Waals surface area contributed by atoms with Gasteiger partial charge >= 0.3 is 0 Å². The number of halogens is 1. The van der Waals surface area contributed by atoms with Gasteiger partial charge in [0.1, 0.15) is 6.04 Å². The van der Waals surface area contributed by atoms with Crippen molar-refractivity contribution < 1.29 is 22.3 Å². The quantitative estimate of drug-likeness (QED) is 0.860. The van der Waals surface area contributed by atoms with Gasteiger partial charge in [-0.3, -0.25) is 4.79 Å². The molecular weight excluding hydrogens is 299 g/mol. The maximum atomic E-state index is 13.6. The summed E-state index contributed by atoms with van der Waals surface area (Å²) in [6, 6.07) is 2.51. The third-order valence-corrected chi connectivity index (χ3v) is 4.74. The molecule has 1 atom stereocenters. The summed E-state index contributed by atoms with van der Waals surface area (Å²) in [5, 5.41) is 2.64. The lowest BCUT2D eigenvalue weighted by Crippen LogP contribution is -2.45. The number of hydrogen-bond donors (Lipinski definition) is 2. The number of methoxy groups -OCH3 is 1. The van der Waals surface area contributed by atoms with E-state index < -0.39 is 21.9 Å². The monoisotopic (exact) mass is 316 g/mol. The van der Waals surface area contributed by atoms with Crippen LogP contribution in [0.3, 0.4) is 0 Å². The Balaban J connectivity index is 2.21. The van der Waals surface area contributed by atoms with Gasteiger partial charge < -0.3 is 10.1 Å². The van der Waals surface area contributed by atoms with Crippen molar-refractivity contribution in [3.63, 3.8) is 0 Å². The van der Waals surface area contributed by atoms with Crippen LogP contribution in [-0.4, -0.2) is 34.0 Å². The van der Waals surface area contributed by atoms with Crippen LogP contribution < -0.4 is 14.8 Å². The van der Waals surface area contributed by atoms with E-state index in [0.29, 0.717) is 13.0 Å². The summed E-state index contributed by atoms with van der Waals surface area (Å²) in [4.78, 5) is 11.5. The standard InChI is InChI=1S/C13H17FN2O4S/c1-20-12-6-5-9(8-10(12)14)21(18,19)16-11-4-2-3-7-15-13(11)17/h5-6,8,11,16H,2-4,7H2,1H3,(H,15,17)/t11-/m0/s1. The van der Waals surface area contributed by atoms with Crippen LogP contribution in [0.1, 0.15) is 19.3 Å². The van der Waals surface area contributed by atoms with E-state index in [1.165, 1.54) is 19.2 Å². The molecule has 1 aromatic carbocycles. The Morgan fingerprint density at radius 3 is 2.81 bits per heavy atom. The normalized spacial score (nSPS) is 19.7. The van der Waals surface area contributed by atoms with E-state index in [1.54, 1.807) is 0 Å². The van der Waals surface area contributed by atoms with Crippen LogP contribution in [0.5, 0.6) is 5.75 Å². The zero-order chi connectivity index (χ0) is 15.5. The molecule has 1 amide bonds. The van der Waals surface area contributed by atoms with Crippen molar-refractivity contribution in [3.05, 3.63) is 24.0 Å².